The highest BCUT2D eigenvalue weighted by Gasteiger charge is 2.24. The van der Waals surface area contributed by atoms with Crippen LogP contribution in [0.15, 0.2) is 4.99 Å². The van der Waals surface area contributed by atoms with Crippen LogP contribution in [0.2, 0.25) is 0 Å². The van der Waals surface area contributed by atoms with Crippen LogP contribution in [0.4, 0.5) is 0 Å². The molecular formula is C19H39N3O3. The predicted octanol–water partition coefficient (Wildman–Crippen LogP) is 2.46. The number of guanidine groups is 1. The SMILES string of the molecule is CCCC(O)(CCC)CN=C(NCC)NCCCOC1CCOCC1. The van der Waals surface area contributed by atoms with Crippen LogP contribution in [-0.4, -0.2) is 62.2 Å². The van der Waals surface area contributed by atoms with Crippen LogP contribution in [0.5, 0.6) is 0 Å². The third kappa shape index (κ3) is 10.0. The fourth-order valence-corrected chi connectivity index (χ4v) is 3.15. The molecule has 6 nitrogen and oxygen atoms in total. The molecule has 0 spiro atoms. The second-order valence-corrected chi connectivity index (χ2v) is 6.88. The molecule has 0 atom stereocenters. The molecule has 0 aromatic rings. The Morgan fingerprint density at radius 2 is 1.84 bits per heavy atom. The summed E-state index contributed by atoms with van der Waals surface area (Å²) in [6.45, 7) is 10.7. The van der Waals surface area contributed by atoms with Crippen molar-refractivity contribution in [1.82, 2.24) is 10.6 Å². The first kappa shape index (κ1) is 22.2. The number of rotatable bonds is 12. The van der Waals surface area contributed by atoms with Gasteiger partial charge in [-0.1, -0.05) is 26.7 Å². The maximum atomic E-state index is 10.7. The van der Waals surface area contributed by atoms with Gasteiger partial charge in [0.1, 0.15) is 0 Å². The molecule has 1 fully saturated rings. The third-order valence-electron chi connectivity index (χ3n) is 4.44. The summed E-state index contributed by atoms with van der Waals surface area (Å²) >= 11 is 0. The van der Waals surface area contributed by atoms with Crippen molar-refractivity contribution in [3.63, 3.8) is 0 Å². The minimum absolute atomic E-state index is 0.355. The average Bonchev–Trinajstić information content (AvgIpc) is 2.61. The first-order valence-electron chi connectivity index (χ1n) is 10.1. The van der Waals surface area contributed by atoms with E-state index in [0.717, 1.165) is 83.8 Å². The van der Waals surface area contributed by atoms with E-state index < -0.39 is 5.60 Å². The molecule has 0 amide bonds. The van der Waals surface area contributed by atoms with Crippen LogP contribution in [0, 0.1) is 0 Å². The highest BCUT2D eigenvalue weighted by atomic mass is 16.5. The summed E-state index contributed by atoms with van der Waals surface area (Å²) in [6.07, 6.45) is 6.84. The highest BCUT2D eigenvalue weighted by Crippen LogP contribution is 2.19. The van der Waals surface area contributed by atoms with Crippen LogP contribution in [0.3, 0.4) is 0 Å². The second kappa shape index (κ2) is 13.4. The first-order valence-corrected chi connectivity index (χ1v) is 10.1. The van der Waals surface area contributed by atoms with E-state index >= 15 is 0 Å². The van der Waals surface area contributed by atoms with E-state index in [2.05, 4.69) is 36.4 Å². The molecule has 148 valence electrons. The summed E-state index contributed by atoms with van der Waals surface area (Å²) in [5, 5.41) is 17.3. The minimum Gasteiger partial charge on any atom is -0.388 e. The molecule has 25 heavy (non-hydrogen) atoms. The Kier molecular flexibility index (Phi) is 11.9. The van der Waals surface area contributed by atoms with Crippen LogP contribution in [-0.2, 0) is 9.47 Å². The summed E-state index contributed by atoms with van der Waals surface area (Å²) in [5.41, 5.74) is -0.683. The summed E-state index contributed by atoms with van der Waals surface area (Å²) < 4.78 is 11.2. The number of hydrogen-bond acceptors (Lipinski definition) is 4. The van der Waals surface area contributed by atoms with Gasteiger partial charge in [-0.3, -0.25) is 4.99 Å². The highest BCUT2D eigenvalue weighted by molar-refractivity contribution is 5.79. The van der Waals surface area contributed by atoms with E-state index in [1.807, 2.05) is 0 Å². The van der Waals surface area contributed by atoms with E-state index in [0.29, 0.717) is 12.6 Å². The Bertz CT molecular complexity index is 352. The summed E-state index contributed by atoms with van der Waals surface area (Å²) in [5.74, 6) is 0.777. The van der Waals surface area contributed by atoms with E-state index in [1.165, 1.54) is 0 Å². The first-order chi connectivity index (χ1) is 12.1. The monoisotopic (exact) mass is 357 g/mol. The number of nitrogens with one attached hydrogen (secondary N) is 2. The van der Waals surface area contributed by atoms with Gasteiger partial charge in [-0.15, -0.1) is 0 Å². The van der Waals surface area contributed by atoms with Gasteiger partial charge in [0.25, 0.3) is 0 Å². The molecule has 1 saturated heterocycles. The van der Waals surface area contributed by atoms with Crippen molar-refractivity contribution >= 4 is 5.96 Å². The molecule has 0 saturated carbocycles. The Balaban J connectivity index is 2.31. The van der Waals surface area contributed by atoms with Crippen LogP contribution in [0.1, 0.15) is 65.7 Å². The molecule has 1 heterocycles. The van der Waals surface area contributed by atoms with Crippen LogP contribution >= 0.6 is 0 Å². The smallest absolute Gasteiger partial charge is 0.191 e. The third-order valence-corrected chi connectivity index (χ3v) is 4.44. The Morgan fingerprint density at radius 1 is 1.16 bits per heavy atom. The largest absolute Gasteiger partial charge is 0.388 e. The lowest BCUT2D eigenvalue weighted by Crippen LogP contribution is -2.40. The number of hydrogen-bond donors (Lipinski definition) is 3. The zero-order valence-corrected chi connectivity index (χ0v) is 16.5. The molecular weight excluding hydrogens is 318 g/mol. The Morgan fingerprint density at radius 3 is 2.44 bits per heavy atom. The zero-order valence-electron chi connectivity index (χ0n) is 16.5. The molecule has 6 heteroatoms. The maximum Gasteiger partial charge on any atom is 0.191 e. The van der Waals surface area contributed by atoms with Gasteiger partial charge in [0.05, 0.1) is 18.2 Å². The lowest BCUT2D eigenvalue weighted by molar-refractivity contribution is -0.0320. The predicted molar refractivity (Wildman–Crippen MR) is 103 cm³/mol. The van der Waals surface area contributed by atoms with E-state index in [9.17, 15) is 5.11 Å². The summed E-state index contributed by atoms with van der Waals surface area (Å²) in [7, 11) is 0. The number of nitrogens with zero attached hydrogens (tertiary/aromatic N) is 1. The molecule has 0 aliphatic carbocycles. The summed E-state index contributed by atoms with van der Waals surface area (Å²) in [4.78, 5) is 4.60. The van der Waals surface area contributed by atoms with Gasteiger partial charge < -0.3 is 25.2 Å². The van der Waals surface area contributed by atoms with Gasteiger partial charge in [-0.2, -0.15) is 0 Å². The van der Waals surface area contributed by atoms with Gasteiger partial charge in [0.2, 0.25) is 0 Å². The number of aliphatic imine (C=N–C) groups is 1. The molecule has 3 N–H and O–H groups in total. The van der Waals surface area contributed by atoms with Gasteiger partial charge in [-0.25, -0.2) is 0 Å². The fraction of sp³-hybridized carbons (Fsp3) is 0.947. The number of aliphatic hydroxyl groups is 1. The quantitative estimate of drug-likeness (QED) is 0.284. The van der Waals surface area contributed by atoms with E-state index in [-0.39, 0.29) is 0 Å². The molecule has 0 aromatic carbocycles. The van der Waals surface area contributed by atoms with E-state index in [1.54, 1.807) is 0 Å². The van der Waals surface area contributed by atoms with Gasteiger partial charge in [-0.05, 0) is 39.0 Å². The van der Waals surface area contributed by atoms with Crippen molar-refractivity contribution in [3.05, 3.63) is 0 Å². The fourth-order valence-electron chi connectivity index (χ4n) is 3.15. The number of ether oxygens (including phenoxy) is 2. The molecule has 1 aliphatic heterocycles. The van der Waals surface area contributed by atoms with Gasteiger partial charge >= 0.3 is 0 Å². The van der Waals surface area contributed by atoms with E-state index in [4.69, 9.17) is 9.47 Å². The van der Waals surface area contributed by atoms with Crippen molar-refractivity contribution in [2.75, 3.05) is 39.5 Å². The second-order valence-electron chi connectivity index (χ2n) is 6.88. The maximum absolute atomic E-state index is 10.7. The molecule has 0 unspecified atom stereocenters. The molecule has 0 radical (unpaired) electrons. The van der Waals surface area contributed by atoms with Crippen LogP contribution < -0.4 is 10.6 Å². The van der Waals surface area contributed by atoms with Crippen molar-refractivity contribution in [2.24, 2.45) is 4.99 Å². The van der Waals surface area contributed by atoms with Crippen LogP contribution in [0.25, 0.3) is 0 Å². The molecule has 0 bridgehead atoms. The normalized spacial score (nSPS) is 16.9. The van der Waals surface area contributed by atoms with Crippen molar-refractivity contribution in [2.45, 2.75) is 77.4 Å². The van der Waals surface area contributed by atoms with Crippen molar-refractivity contribution < 1.29 is 14.6 Å². The van der Waals surface area contributed by atoms with Gasteiger partial charge in [0.15, 0.2) is 5.96 Å². The minimum atomic E-state index is -0.683. The molecule has 0 aromatic heterocycles. The molecule has 1 aliphatic rings. The topological polar surface area (TPSA) is 75.1 Å². The molecule has 1 rings (SSSR count). The lowest BCUT2D eigenvalue weighted by atomic mass is 9.93. The van der Waals surface area contributed by atoms with Crippen molar-refractivity contribution in [3.8, 4) is 0 Å². The zero-order chi connectivity index (χ0) is 18.4. The Hall–Kier alpha value is -0.850. The summed E-state index contributed by atoms with van der Waals surface area (Å²) in [6, 6.07) is 0. The standard InChI is InChI=1S/C19H39N3O3/c1-4-10-19(23,11-5-2)16-22-18(20-6-3)21-12-7-13-25-17-8-14-24-15-9-17/h17,23H,4-16H2,1-3H3,(H2,20,21,22). The average molecular weight is 358 g/mol. The Labute approximate surface area is 153 Å². The van der Waals surface area contributed by atoms with Gasteiger partial charge in [0, 0.05) is 32.9 Å². The van der Waals surface area contributed by atoms with Crippen molar-refractivity contribution in [1.29, 1.82) is 0 Å². The lowest BCUT2D eigenvalue weighted by Gasteiger charge is -2.26.